The fourth-order valence-electron chi connectivity index (χ4n) is 2.64. The van der Waals surface area contributed by atoms with Crippen LogP contribution in [0.15, 0.2) is 40.9 Å². The van der Waals surface area contributed by atoms with Gasteiger partial charge in [-0.2, -0.15) is 0 Å². The van der Waals surface area contributed by atoms with Crippen molar-refractivity contribution in [1.82, 2.24) is 0 Å². The molecule has 0 heterocycles. The van der Waals surface area contributed by atoms with Gasteiger partial charge in [-0.25, -0.2) is 12.8 Å². The Bertz CT molecular complexity index is 948. The lowest BCUT2D eigenvalue weighted by Gasteiger charge is -2.24. The molecular weight excluding hydrogens is 435 g/mol. The molecule has 0 aromatic heterocycles. The highest BCUT2D eigenvalue weighted by Gasteiger charge is 2.19. The molecule has 2 rings (SSSR count). The molecule has 0 fully saturated rings. The molecule has 2 aromatic carbocycles. The van der Waals surface area contributed by atoms with E-state index in [9.17, 15) is 17.6 Å². The summed E-state index contributed by atoms with van der Waals surface area (Å²) in [5.74, 6) is -0.906. The number of aryl methyl sites for hydroxylation is 2. The van der Waals surface area contributed by atoms with Gasteiger partial charge in [-0.05, 0) is 55.7 Å². The van der Waals surface area contributed by atoms with Gasteiger partial charge in [0.2, 0.25) is 15.9 Å². The van der Waals surface area contributed by atoms with Gasteiger partial charge in [-0.1, -0.05) is 28.1 Å². The number of amides is 1. The van der Waals surface area contributed by atoms with Gasteiger partial charge in [0.15, 0.2) is 0 Å². The second kappa shape index (κ2) is 8.84. The van der Waals surface area contributed by atoms with Crippen LogP contribution < -0.4 is 9.62 Å². The Kier molecular flexibility index (Phi) is 7.00. The van der Waals surface area contributed by atoms with Crippen LogP contribution in [0.3, 0.4) is 0 Å². The number of halogens is 2. The number of nitrogens with zero attached hydrogens (tertiary/aromatic N) is 1. The molecule has 5 nitrogen and oxygen atoms in total. The molecule has 0 radical (unpaired) electrons. The molecule has 146 valence electrons. The van der Waals surface area contributed by atoms with E-state index in [2.05, 4.69) is 21.2 Å². The zero-order chi connectivity index (χ0) is 20.2. The van der Waals surface area contributed by atoms with Crippen LogP contribution in [0.2, 0.25) is 0 Å². The van der Waals surface area contributed by atoms with Crippen molar-refractivity contribution in [2.45, 2.75) is 26.7 Å². The predicted octanol–water partition coefficient (Wildman–Crippen LogP) is 4.39. The SMILES string of the molecule is Cc1ccc(C)c(N(CCCC(=O)Nc2ccc(Br)cc2F)S(C)(=O)=O)c1. The maximum atomic E-state index is 13.8. The van der Waals surface area contributed by atoms with E-state index in [0.717, 1.165) is 17.4 Å². The first-order valence-corrected chi connectivity index (χ1v) is 11.0. The monoisotopic (exact) mass is 456 g/mol. The summed E-state index contributed by atoms with van der Waals surface area (Å²) in [6.07, 6.45) is 1.53. The zero-order valence-electron chi connectivity index (χ0n) is 15.4. The van der Waals surface area contributed by atoms with Crippen LogP contribution >= 0.6 is 15.9 Å². The van der Waals surface area contributed by atoms with Crippen LogP contribution in [0.5, 0.6) is 0 Å². The van der Waals surface area contributed by atoms with E-state index in [4.69, 9.17) is 0 Å². The first-order chi connectivity index (χ1) is 12.6. The number of anilines is 2. The highest BCUT2D eigenvalue weighted by molar-refractivity contribution is 9.10. The van der Waals surface area contributed by atoms with Crippen molar-refractivity contribution < 1.29 is 17.6 Å². The number of hydrogen-bond donors (Lipinski definition) is 1. The van der Waals surface area contributed by atoms with Gasteiger partial charge in [0.25, 0.3) is 0 Å². The van der Waals surface area contributed by atoms with Crippen LogP contribution in [-0.4, -0.2) is 27.1 Å². The van der Waals surface area contributed by atoms with E-state index >= 15 is 0 Å². The van der Waals surface area contributed by atoms with Gasteiger partial charge in [0.1, 0.15) is 5.82 Å². The zero-order valence-corrected chi connectivity index (χ0v) is 17.8. The summed E-state index contributed by atoms with van der Waals surface area (Å²) in [6.45, 7) is 3.90. The molecule has 1 N–H and O–H groups in total. The van der Waals surface area contributed by atoms with Crippen LogP contribution in [0.1, 0.15) is 24.0 Å². The third kappa shape index (κ3) is 6.04. The van der Waals surface area contributed by atoms with Crippen molar-refractivity contribution in [3.05, 3.63) is 57.8 Å². The summed E-state index contributed by atoms with van der Waals surface area (Å²) in [6, 6.07) is 9.96. The van der Waals surface area contributed by atoms with Crippen LogP contribution in [0.25, 0.3) is 0 Å². The molecule has 8 heteroatoms. The lowest BCUT2D eigenvalue weighted by molar-refractivity contribution is -0.116. The molecule has 0 bridgehead atoms. The number of carbonyl (C=O) groups excluding carboxylic acids is 1. The van der Waals surface area contributed by atoms with Crippen molar-refractivity contribution in [3.63, 3.8) is 0 Å². The maximum absolute atomic E-state index is 13.8. The van der Waals surface area contributed by atoms with Gasteiger partial charge in [0, 0.05) is 17.4 Å². The summed E-state index contributed by atoms with van der Waals surface area (Å²) in [4.78, 5) is 12.1. The molecule has 1 amide bonds. The van der Waals surface area contributed by atoms with E-state index in [1.807, 2.05) is 32.0 Å². The second-order valence-corrected chi connectivity index (χ2v) is 9.22. The summed E-state index contributed by atoms with van der Waals surface area (Å²) < 4.78 is 40.1. The van der Waals surface area contributed by atoms with E-state index < -0.39 is 15.8 Å². The van der Waals surface area contributed by atoms with Gasteiger partial charge >= 0.3 is 0 Å². The summed E-state index contributed by atoms with van der Waals surface area (Å²) >= 11 is 3.16. The summed E-state index contributed by atoms with van der Waals surface area (Å²) in [5, 5.41) is 2.51. The maximum Gasteiger partial charge on any atom is 0.232 e. The molecule has 0 unspecified atom stereocenters. The predicted molar refractivity (Wildman–Crippen MR) is 110 cm³/mol. The minimum absolute atomic E-state index is 0.0758. The van der Waals surface area contributed by atoms with E-state index in [1.54, 1.807) is 6.07 Å². The smallest absolute Gasteiger partial charge is 0.232 e. The minimum atomic E-state index is -3.49. The van der Waals surface area contributed by atoms with Crippen LogP contribution in [-0.2, 0) is 14.8 Å². The van der Waals surface area contributed by atoms with Crippen LogP contribution in [0.4, 0.5) is 15.8 Å². The van der Waals surface area contributed by atoms with E-state index in [0.29, 0.717) is 16.6 Å². The molecule has 0 saturated carbocycles. The molecule has 2 aromatic rings. The molecule has 0 aliphatic carbocycles. The first-order valence-electron chi connectivity index (χ1n) is 8.38. The van der Waals surface area contributed by atoms with Crippen molar-refractivity contribution in [3.8, 4) is 0 Å². The summed E-state index contributed by atoms with van der Waals surface area (Å²) in [5.41, 5.74) is 2.50. The minimum Gasteiger partial charge on any atom is -0.324 e. The van der Waals surface area contributed by atoms with Crippen molar-refractivity contribution in [2.75, 3.05) is 22.4 Å². The Labute approximate surface area is 167 Å². The molecule has 27 heavy (non-hydrogen) atoms. The second-order valence-electron chi connectivity index (χ2n) is 6.40. The average molecular weight is 457 g/mol. The molecule has 0 aliphatic rings. The van der Waals surface area contributed by atoms with Gasteiger partial charge < -0.3 is 5.32 Å². The quantitative estimate of drug-likeness (QED) is 0.671. The first kappa shape index (κ1) is 21.4. The fourth-order valence-corrected chi connectivity index (χ4v) is 3.99. The number of carbonyl (C=O) groups is 1. The number of rotatable bonds is 7. The Morgan fingerprint density at radius 3 is 2.52 bits per heavy atom. The number of benzene rings is 2. The van der Waals surface area contributed by atoms with Crippen molar-refractivity contribution >= 4 is 43.2 Å². The Balaban J connectivity index is 2.03. The standard InChI is InChI=1S/C19H22BrFN2O3S/c1-13-6-7-14(2)18(11-13)23(27(3,25)26)10-4-5-19(24)22-17-9-8-15(20)12-16(17)21/h6-9,11-12H,4-5,10H2,1-3H3,(H,22,24). The third-order valence-corrected chi connectivity index (χ3v) is 5.68. The van der Waals surface area contributed by atoms with E-state index in [1.165, 1.54) is 16.4 Å². The van der Waals surface area contributed by atoms with Gasteiger partial charge in [-0.15, -0.1) is 0 Å². The Morgan fingerprint density at radius 2 is 1.89 bits per heavy atom. The third-order valence-electron chi connectivity index (χ3n) is 4.00. The molecule has 0 spiro atoms. The number of hydrogen-bond acceptors (Lipinski definition) is 3. The van der Waals surface area contributed by atoms with E-state index in [-0.39, 0.29) is 24.6 Å². The fraction of sp³-hybridized carbons (Fsp3) is 0.316. The number of sulfonamides is 1. The molecular formula is C19H22BrFN2O3S. The highest BCUT2D eigenvalue weighted by atomic mass is 79.9. The molecule has 0 atom stereocenters. The average Bonchev–Trinajstić information content (AvgIpc) is 2.56. The van der Waals surface area contributed by atoms with Gasteiger partial charge in [0.05, 0.1) is 17.6 Å². The lowest BCUT2D eigenvalue weighted by atomic mass is 10.1. The number of nitrogens with one attached hydrogen (secondary N) is 1. The highest BCUT2D eigenvalue weighted by Crippen LogP contribution is 2.24. The topological polar surface area (TPSA) is 66.5 Å². The Hall–Kier alpha value is -1.93. The molecule has 0 saturated heterocycles. The molecule has 0 aliphatic heterocycles. The Morgan fingerprint density at radius 1 is 1.19 bits per heavy atom. The van der Waals surface area contributed by atoms with Crippen molar-refractivity contribution in [2.24, 2.45) is 0 Å². The van der Waals surface area contributed by atoms with Crippen LogP contribution in [0, 0.1) is 19.7 Å². The lowest BCUT2D eigenvalue weighted by Crippen LogP contribution is -2.32. The van der Waals surface area contributed by atoms with Crippen molar-refractivity contribution in [1.29, 1.82) is 0 Å². The summed E-state index contributed by atoms with van der Waals surface area (Å²) in [7, 11) is -3.49. The largest absolute Gasteiger partial charge is 0.324 e. The van der Waals surface area contributed by atoms with Gasteiger partial charge in [-0.3, -0.25) is 9.10 Å². The normalized spacial score (nSPS) is 11.3.